The average Bonchev–Trinajstić information content (AvgIpc) is 2.46. The van der Waals surface area contributed by atoms with Crippen molar-refractivity contribution in [2.75, 3.05) is 45.1 Å². The number of carbonyl (C=O) groups is 1. The van der Waals surface area contributed by atoms with Crippen LogP contribution >= 0.6 is 0 Å². The van der Waals surface area contributed by atoms with Gasteiger partial charge in [0.15, 0.2) is 0 Å². The van der Waals surface area contributed by atoms with Gasteiger partial charge >= 0.3 is 0 Å². The van der Waals surface area contributed by atoms with Crippen molar-refractivity contribution in [2.45, 2.75) is 0 Å². The second-order valence-electron chi connectivity index (χ2n) is 4.73. The van der Waals surface area contributed by atoms with Crippen LogP contribution in [0.25, 0.3) is 0 Å². The number of nitrogens with one attached hydrogen (secondary N) is 1. The van der Waals surface area contributed by atoms with E-state index in [-0.39, 0.29) is 12.5 Å². The molecule has 5 nitrogen and oxygen atoms in total. The highest BCUT2D eigenvalue weighted by Crippen LogP contribution is 2.09. The van der Waals surface area contributed by atoms with E-state index in [4.69, 9.17) is 5.26 Å². The second-order valence-corrected chi connectivity index (χ2v) is 4.73. The van der Waals surface area contributed by atoms with Crippen molar-refractivity contribution < 1.29 is 4.79 Å². The van der Waals surface area contributed by atoms with Gasteiger partial charge in [0, 0.05) is 31.9 Å². The number of piperazine rings is 1. The van der Waals surface area contributed by atoms with Crippen LogP contribution in [0.5, 0.6) is 0 Å². The minimum Gasteiger partial charge on any atom is -0.376 e. The van der Waals surface area contributed by atoms with Gasteiger partial charge in [-0.05, 0) is 25.2 Å². The molecule has 0 aliphatic carbocycles. The van der Waals surface area contributed by atoms with Crippen LogP contribution in [0.4, 0.5) is 5.69 Å². The Balaban J connectivity index is 1.84. The highest BCUT2D eigenvalue weighted by atomic mass is 16.2. The monoisotopic (exact) mass is 258 g/mol. The average molecular weight is 258 g/mol. The first-order chi connectivity index (χ1) is 9.19. The molecule has 0 saturated carbocycles. The molecule has 0 radical (unpaired) electrons. The first-order valence-corrected chi connectivity index (χ1v) is 6.39. The van der Waals surface area contributed by atoms with Crippen molar-refractivity contribution in [1.82, 2.24) is 9.80 Å². The Morgan fingerprint density at radius 2 is 2.11 bits per heavy atom. The summed E-state index contributed by atoms with van der Waals surface area (Å²) in [6.45, 7) is 3.70. The quantitative estimate of drug-likeness (QED) is 0.869. The van der Waals surface area contributed by atoms with Gasteiger partial charge in [-0.15, -0.1) is 0 Å². The zero-order valence-electron chi connectivity index (χ0n) is 11.1. The third-order valence-corrected chi connectivity index (χ3v) is 3.29. The molecular formula is C14H18N4O. The van der Waals surface area contributed by atoms with Crippen molar-refractivity contribution in [1.29, 1.82) is 5.26 Å². The van der Waals surface area contributed by atoms with Crippen molar-refractivity contribution in [3.63, 3.8) is 0 Å². The van der Waals surface area contributed by atoms with Crippen LogP contribution in [0.3, 0.4) is 0 Å². The number of benzene rings is 1. The summed E-state index contributed by atoms with van der Waals surface area (Å²) in [6.07, 6.45) is 0. The Bertz CT molecular complexity index is 486. The summed E-state index contributed by atoms with van der Waals surface area (Å²) in [6, 6.07) is 9.24. The molecule has 1 aliphatic rings. The van der Waals surface area contributed by atoms with Gasteiger partial charge in [0.25, 0.3) is 0 Å². The summed E-state index contributed by atoms with van der Waals surface area (Å²) >= 11 is 0. The molecule has 1 amide bonds. The molecule has 1 aromatic carbocycles. The topological polar surface area (TPSA) is 59.4 Å². The number of hydrogen-bond donors (Lipinski definition) is 1. The second kappa shape index (κ2) is 6.21. The Morgan fingerprint density at radius 1 is 1.37 bits per heavy atom. The maximum Gasteiger partial charge on any atom is 0.241 e. The number of likely N-dealkylation sites (N-methyl/N-ethyl adjacent to an activating group) is 1. The number of nitriles is 1. The van der Waals surface area contributed by atoms with Gasteiger partial charge in [-0.25, -0.2) is 0 Å². The maximum absolute atomic E-state index is 12.0. The van der Waals surface area contributed by atoms with E-state index in [1.165, 1.54) is 0 Å². The summed E-state index contributed by atoms with van der Waals surface area (Å²) in [5.41, 5.74) is 1.40. The molecule has 1 heterocycles. The minimum absolute atomic E-state index is 0.107. The minimum atomic E-state index is 0.107. The summed E-state index contributed by atoms with van der Waals surface area (Å²) in [5, 5.41) is 11.9. The summed E-state index contributed by atoms with van der Waals surface area (Å²) in [4.78, 5) is 16.1. The largest absolute Gasteiger partial charge is 0.376 e. The zero-order valence-corrected chi connectivity index (χ0v) is 11.1. The van der Waals surface area contributed by atoms with E-state index in [1.54, 1.807) is 18.2 Å². The summed E-state index contributed by atoms with van der Waals surface area (Å²) in [7, 11) is 2.06. The number of anilines is 1. The van der Waals surface area contributed by atoms with Gasteiger partial charge in [-0.1, -0.05) is 6.07 Å². The van der Waals surface area contributed by atoms with Crippen LogP contribution in [0.2, 0.25) is 0 Å². The zero-order chi connectivity index (χ0) is 13.7. The number of rotatable bonds is 3. The first kappa shape index (κ1) is 13.4. The van der Waals surface area contributed by atoms with Crippen LogP contribution in [0, 0.1) is 11.3 Å². The van der Waals surface area contributed by atoms with E-state index < -0.39 is 0 Å². The van der Waals surface area contributed by atoms with Gasteiger partial charge in [-0.2, -0.15) is 5.26 Å². The lowest BCUT2D eigenvalue weighted by Gasteiger charge is -2.32. The number of nitrogens with zero attached hydrogens (tertiary/aromatic N) is 3. The van der Waals surface area contributed by atoms with E-state index in [9.17, 15) is 4.79 Å². The highest BCUT2D eigenvalue weighted by molar-refractivity contribution is 5.81. The lowest BCUT2D eigenvalue weighted by Crippen LogP contribution is -2.48. The standard InChI is InChI=1S/C14H18N4O/c1-17-5-7-18(8-6-17)14(19)11-16-13-4-2-3-12(9-13)10-15/h2-4,9,16H,5-8,11H2,1H3. The van der Waals surface area contributed by atoms with Crippen LogP contribution in [0.1, 0.15) is 5.56 Å². The Morgan fingerprint density at radius 3 is 2.79 bits per heavy atom. The van der Waals surface area contributed by atoms with Crippen LogP contribution in [0.15, 0.2) is 24.3 Å². The maximum atomic E-state index is 12.0. The first-order valence-electron chi connectivity index (χ1n) is 6.39. The molecule has 0 spiro atoms. The van der Waals surface area contributed by atoms with E-state index in [0.29, 0.717) is 5.56 Å². The normalized spacial score (nSPS) is 15.9. The SMILES string of the molecule is CN1CCN(C(=O)CNc2cccc(C#N)c2)CC1. The van der Waals surface area contributed by atoms with Crippen molar-refractivity contribution >= 4 is 11.6 Å². The Kier molecular flexibility index (Phi) is 4.37. The van der Waals surface area contributed by atoms with E-state index in [1.807, 2.05) is 11.0 Å². The molecule has 19 heavy (non-hydrogen) atoms. The number of hydrogen-bond acceptors (Lipinski definition) is 4. The lowest BCUT2D eigenvalue weighted by molar-refractivity contribution is -0.130. The Hall–Kier alpha value is -2.06. The van der Waals surface area contributed by atoms with Gasteiger partial charge in [-0.3, -0.25) is 4.79 Å². The highest BCUT2D eigenvalue weighted by Gasteiger charge is 2.18. The molecule has 1 N–H and O–H groups in total. The molecule has 1 aromatic rings. The van der Waals surface area contributed by atoms with Crippen molar-refractivity contribution in [3.8, 4) is 6.07 Å². The summed E-state index contributed by atoms with van der Waals surface area (Å²) < 4.78 is 0. The molecule has 100 valence electrons. The van der Waals surface area contributed by atoms with E-state index >= 15 is 0 Å². The molecule has 2 rings (SSSR count). The van der Waals surface area contributed by atoms with Gasteiger partial charge in [0.1, 0.15) is 0 Å². The van der Waals surface area contributed by atoms with Gasteiger partial charge in [0.05, 0.1) is 18.2 Å². The van der Waals surface area contributed by atoms with Crippen LogP contribution in [-0.2, 0) is 4.79 Å². The molecule has 1 aliphatic heterocycles. The predicted molar refractivity (Wildman–Crippen MR) is 73.7 cm³/mol. The molecule has 0 bridgehead atoms. The van der Waals surface area contributed by atoms with E-state index in [0.717, 1.165) is 31.9 Å². The third kappa shape index (κ3) is 3.70. The third-order valence-electron chi connectivity index (χ3n) is 3.29. The Labute approximate surface area is 113 Å². The fraction of sp³-hybridized carbons (Fsp3) is 0.429. The molecule has 5 heteroatoms. The molecule has 1 saturated heterocycles. The van der Waals surface area contributed by atoms with Crippen LogP contribution in [-0.4, -0.2) is 55.5 Å². The molecule has 0 atom stereocenters. The number of carbonyl (C=O) groups excluding carboxylic acids is 1. The molecular weight excluding hydrogens is 240 g/mol. The van der Waals surface area contributed by atoms with Crippen molar-refractivity contribution in [3.05, 3.63) is 29.8 Å². The lowest BCUT2D eigenvalue weighted by atomic mass is 10.2. The van der Waals surface area contributed by atoms with Crippen molar-refractivity contribution in [2.24, 2.45) is 0 Å². The summed E-state index contributed by atoms with van der Waals surface area (Å²) in [5.74, 6) is 0.107. The fourth-order valence-electron chi connectivity index (χ4n) is 2.04. The van der Waals surface area contributed by atoms with Crippen LogP contribution < -0.4 is 5.32 Å². The number of amides is 1. The predicted octanol–water partition coefficient (Wildman–Crippen LogP) is 0.744. The smallest absolute Gasteiger partial charge is 0.241 e. The van der Waals surface area contributed by atoms with Gasteiger partial charge in [0.2, 0.25) is 5.91 Å². The molecule has 1 fully saturated rings. The molecule has 0 unspecified atom stereocenters. The molecule has 0 aromatic heterocycles. The van der Waals surface area contributed by atoms with Gasteiger partial charge < -0.3 is 15.1 Å². The fourth-order valence-corrected chi connectivity index (χ4v) is 2.04. The van der Waals surface area contributed by atoms with E-state index in [2.05, 4.69) is 23.3 Å².